The van der Waals surface area contributed by atoms with Crippen molar-refractivity contribution in [2.75, 3.05) is 0 Å². The molecule has 0 saturated heterocycles. The predicted octanol–water partition coefficient (Wildman–Crippen LogP) is 3.23. The highest BCUT2D eigenvalue weighted by atomic mass is 79.9. The number of hydrogen-bond acceptors (Lipinski definition) is 0. The van der Waals surface area contributed by atoms with Crippen LogP contribution in [0.1, 0.15) is 13.3 Å². The minimum Gasteiger partial charge on any atom is -0.0881 e. The van der Waals surface area contributed by atoms with Crippen molar-refractivity contribution in [1.82, 2.24) is 0 Å². The maximum absolute atomic E-state index is 3.76. The molecule has 0 spiro atoms. The molecular formula is C11H13Br. The Balaban J connectivity index is 2.15. The first kappa shape index (κ1) is 8.55. The van der Waals surface area contributed by atoms with Crippen molar-refractivity contribution < 1.29 is 0 Å². The van der Waals surface area contributed by atoms with Crippen LogP contribution in [-0.4, -0.2) is 4.83 Å². The smallest absolute Gasteiger partial charge is 0.0248 e. The van der Waals surface area contributed by atoms with Gasteiger partial charge in [0.25, 0.3) is 0 Å². The predicted molar refractivity (Wildman–Crippen MR) is 55.0 cm³/mol. The van der Waals surface area contributed by atoms with E-state index < -0.39 is 0 Å². The highest BCUT2D eigenvalue weighted by molar-refractivity contribution is 9.09. The third kappa shape index (κ3) is 1.28. The highest BCUT2D eigenvalue weighted by Gasteiger charge is 2.39. The highest BCUT2D eigenvalue weighted by Crippen LogP contribution is 2.44. The van der Waals surface area contributed by atoms with Crippen LogP contribution in [0.4, 0.5) is 0 Å². The summed E-state index contributed by atoms with van der Waals surface area (Å²) in [5, 5.41) is 0. The summed E-state index contributed by atoms with van der Waals surface area (Å²) >= 11 is 3.76. The van der Waals surface area contributed by atoms with E-state index in [9.17, 15) is 0 Å². The number of alkyl halides is 1. The van der Waals surface area contributed by atoms with E-state index in [-0.39, 0.29) is 0 Å². The van der Waals surface area contributed by atoms with Gasteiger partial charge in [-0.25, -0.2) is 0 Å². The van der Waals surface area contributed by atoms with Crippen LogP contribution in [-0.2, 0) is 0 Å². The molecule has 0 aromatic carbocycles. The van der Waals surface area contributed by atoms with Crippen molar-refractivity contribution in [2.45, 2.75) is 18.2 Å². The molecule has 0 aliphatic heterocycles. The van der Waals surface area contributed by atoms with Crippen molar-refractivity contribution >= 4 is 15.9 Å². The minimum absolute atomic E-state index is 0.560. The Morgan fingerprint density at radius 2 is 2.08 bits per heavy atom. The first-order valence-electron chi connectivity index (χ1n) is 4.58. The fourth-order valence-corrected chi connectivity index (χ4v) is 3.08. The molecule has 64 valence electrons. The molecule has 12 heavy (non-hydrogen) atoms. The molecule has 2 radical (unpaired) electrons. The van der Waals surface area contributed by atoms with Gasteiger partial charge in [-0.2, -0.15) is 0 Å². The molecule has 0 amide bonds. The van der Waals surface area contributed by atoms with Crippen LogP contribution in [0.3, 0.4) is 0 Å². The van der Waals surface area contributed by atoms with Gasteiger partial charge in [-0.15, -0.1) is 0 Å². The molecule has 1 saturated carbocycles. The van der Waals surface area contributed by atoms with Gasteiger partial charge in [-0.1, -0.05) is 53.6 Å². The van der Waals surface area contributed by atoms with Crippen molar-refractivity contribution in [3.63, 3.8) is 0 Å². The fourth-order valence-electron chi connectivity index (χ4n) is 2.05. The van der Waals surface area contributed by atoms with Gasteiger partial charge in [0.2, 0.25) is 0 Å². The van der Waals surface area contributed by atoms with Gasteiger partial charge in [-0.05, 0) is 24.2 Å². The molecule has 2 aliphatic rings. The lowest BCUT2D eigenvalue weighted by Crippen LogP contribution is -2.15. The van der Waals surface area contributed by atoms with Crippen LogP contribution in [0.25, 0.3) is 0 Å². The van der Waals surface area contributed by atoms with Gasteiger partial charge in [0.15, 0.2) is 0 Å². The summed E-state index contributed by atoms with van der Waals surface area (Å²) in [6.45, 7) is 2.23. The fraction of sp³-hybridized carbons (Fsp3) is 0.545. The average Bonchev–Trinajstić information content (AvgIpc) is 2.44. The van der Waals surface area contributed by atoms with Crippen LogP contribution < -0.4 is 0 Å². The normalized spacial score (nSPS) is 44.8. The summed E-state index contributed by atoms with van der Waals surface area (Å²) in [5.74, 6) is 1.84. The molecule has 2 aliphatic carbocycles. The molecule has 2 rings (SSSR count). The minimum atomic E-state index is 0.560. The summed E-state index contributed by atoms with van der Waals surface area (Å²) in [7, 11) is 0. The van der Waals surface area contributed by atoms with Crippen molar-refractivity contribution in [3.8, 4) is 0 Å². The summed E-state index contributed by atoms with van der Waals surface area (Å²) in [5.41, 5.74) is 0. The topological polar surface area (TPSA) is 0 Å². The first-order valence-corrected chi connectivity index (χ1v) is 5.49. The van der Waals surface area contributed by atoms with Gasteiger partial charge in [0, 0.05) is 4.83 Å². The standard InChI is InChI=1S/C11H13Br/c1-2-8-7-9-5-3-4-6-10(9)11(8)12/h3-6,8-11H,2H2,1H3. The molecule has 0 bridgehead atoms. The van der Waals surface area contributed by atoms with Crippen LogP contribution in [0.2, 0.25) is 0 Å². The van der Waals surface area contributed by atoms with E-state index in [4.69, 9.17) is 0 Å². The van der Waals surface area contributed by atoms with Gasteiger partial charge < -0.3 is 0 Å². The van der Waals surface area contributed by atoms with E-state index in [0.717, 1.165) is 0 Å². The van der Waals surface area contributed by atoms with E-state index in [1.54, 1.807) is 0 Å². The summed E-state index contributed by atoms with van der Waals surface area (Å²) in [6.07, 6.45) is 13.6. The molecule has 1 fully saturated rings. The number of rotatable bonds is 1. The van der Waals surface area contributed by atoms with Gasteiger partial charge in [0.05, 0.1) is 0 Å². The Morgan fingerprint density at radius 3 is 2.75 bits per heavy atom. The zero-order valence-electron chi connectivity index (χ0n) is 7.20. The Hall–Kier alpha value is -0.0400. The van der Waals surface area contributed by atoms with Gasteiger partial charge in [0.1, 0.15) is 0 Å². The molecular weight excluding hydrogens is 212 g/mol. The zero-order valence-corrected chi connectivity index (χ0v) is 8.79. The maximum atomic E-state index is 3.76. The quantitative estimate of drug-likeness (QED) is 0.601. The molecule has 0 aromatic heterocycles. The Morgan fingerprint density at radius 1 is 1.33 bits per heavy atom. The number of fused-ring (bicyclic) bond motifs is 1. The molecule has 1 heteroatoms. The lowest BCUT2D eigenvalue weighted by Gasteiger charge is -2.18. The Bertz CT molecular complexity index is 217. The first-order chi connectivity index (χ1) is 5.83. The van der Waals surface area contributed by atoms with Gasteiger partial charge in [-0.3, -0.25) is 0 Å². The summed E-state index contributed by atoms with van der Waals surface area (Å²) in [6, 6.07) is 0. The van der Waals surface area contributed by atoms with Crippen LogP contribution in [0, 0.1) is 24.2 Å². The van der Waals surface area contributed by atoms with Crippen molar-refractivity contribution in [2.24, 2.45) is 17.8 Å². The largest absolute Gasteiger partial charge is 0.0881 e. The monoisotopic (exact) mass is 224 g/mol. The zero-order chi connectivity index (χ0) is 8.55. The third-order valence-corrected chi connectivity index (χ3v) is 4.02. The van der Waals surface area contributed by atoms with Crippen molar-refractivity contribution in [3.05, 3.63) is 30.7 Å². The van der Waals surface area contributed by atoms with E-state index in [0.29, 0.717) is 22.6 Å². The van der Waals surface area contributed by atoms with Crippen LogP contribution in [0.5, 0.6) is 0 Å². The van der Waals surface area contributed by atoms with Crippen LogP contribution >= 0.6 is 15.9 Å². The second kappa shape index (κ2) is 3.37. The Kier molecular flexibility index (Phi) is 2.40. The van der Waals surface area contributed by atoms with E-state index in [1.165, 1.54) is 6.42 Å². The molecule has 0 aromatic rings. The average molecular weight is 225 g/mol. The second-order valence-electron chi connectivity index (χ2n) is 3.50. The summed E-state index contributed by atoms with van der Waals surface area (Å²) < 4.78 is 0. The van der Waals surface area contributed by atoms with E-state index >= 15 is 0 Å². The molecule has 4 atom stereocenters. The molecule has 0 nitrogen and oxygen atoms in total. The summed E-state index contributed by atoms with van der Waals surface area (Å²) in [4.78, 5) is 0.605. The van der Waals surface area contributed by atoms with Crippen molar-refractivity contribution in [1.29, 1.82) is 0 Å². The second-order valence-corrected chi connectivity index (χ2v) is 4.56. The number of halogens is 1. The lowest BCUT2D eigenvalue weighted by atomic mass is 9.92. The molecule has 4 unspecified atom stereocenters. The molecule has 0 heterocycles. The lowest BCUT2D eigenvalue weighted by molar-refractivity contribution is 0.561. The molecule has 0 N–H and O–H groups in total. The van der Waals surface area contributed by atoms with Crippen LogP contribution in [0.15, 0.2) is 24.3 Å². The maximum Gasteiger partial charge on any atom is 0.0248 e. The van der Waals surface area contributed by atoms with E-state index in [2.05, 4.69) is 53.6 Å². The SMILES string of the molecule is CCC1[C]C2C=CC=CC2C1Br. The van der Waals surface area contributed by atoms with E-state index in [1.807, 2.05) is 0 Å². The van der Waals surface area contributed by atoms with Gasteiger partial charge >= 0.3 is 0 Å². The number of hydrogen-bond donors (Lipinski definition) is 0. The third-order valence-electron chi connectivity index (χ3n) is 2.78. The Labute approximate surface area is 82.9 Å². The number of allylic oxidation sites excluding steroid dienone is 4.